The Morgan fingerprint density at radius 2 is 1.43 bits per heavy atom. The largest absolute Gasteiger partial charge is 0.207 e. The molecule has 0 aliphatic carbocycles. The third-order valence-corrected chi connectivity index (χ3v) is 5.10. The summed E-state index contributed by atoms with van der Waals surface area (Å²) in [5.74, 6) is -0.809. The molecule has 5 heteroatoms. The van der Waals surface area contributed by atoms with Gasteiger partial charge in [-0.1, -0.05) is 34.1 Å². The summed E-state index contributed by atoms with van der Waals surface area (Å²) in [5.41, 5.74) is 0.160. The summed E-state index contributed by atoms with van der Waals surface area (Å²) in [6.45, 7) is 0. The molecule has 0 unspecified atom stereocenters. The first-order valence-corrected chi connectivity index (χ1v) is 8.19. The number of halogens is 5. The van der Waals surface area contributed by atoms with Gasteiger partial charge in [-0.25, -0.2) is 8.78 Å². The molecule has 0 radical (unpaired) electrons. The second-order valence-corrected chi connectivity index (χ2v) is 6.38. The van der Waals surface area contributed by atoms with Crippen LogP contribution in [-0.4, -0.2) is 11.8 Å². The van der Waals surface area contributed by atoms with Crippen LogP contribution in [-0.2, 0) is 11.8 Å². The van der Waals surface area contributed by atoms with Gasteiger partial charge in [0.2, 0.25) is 0 Å². The number of rotatable bonds is 5. The molecule has 0 aromatic heterocycles. The molecule has 0 saturated carbocycles. The van der Waals surface area contributed by atoms with Crippen molar-refractivity contribution < 1.29 is 8.78 Å². The van der Waals surface area contributed by atoms with Gasteiger partial charge in [-0.3, -0.25) is 0 Å². The zero-order chi connectivity index (χ0) is 15.5. The monoisotopic (exact) mass is 392 g/mol. The SMILES string of the molecule is Fc1cccc(F)c1CC(CCl)(CCl)c1ccc(Br)cc1. The molecule has 0 bridgehead atoms. The van der Waals surface area contributed by atoms with Crippen LogP contribution in [0.15, 0.2) is 46.9 Å². The van der Waals surface area contributed by atoms with E-state index in [1.165, 1.54) is 18.2 Å². The fourth-order valence-corrected chi connectivity index (χ4v) is 3.28. The molecule has 0 amide bonds. The van der Waals surface area contributed by atoms with Crippen molar-refractivity contribution in [2.75, 3.05) is 11.8 Å². The molecule has 0 N–H and O–H groups in total. The van der Waals surface area contributed by atoms with Crippen LogP contribution in [0.4, 0.5) is 8.78 Å². The third-order valence-electron chi connectivity index (χ3n) is 3.55. The summed E-state index contributed by atoms with van der Waals surface area (Å²) >= 11 is 15.6. The summed E-state index contributed by atoms with van der Waals surface area (Å²) < 4.78 is 28.7. The maximum absolute atomic E-state index is 13.9. The standard InChI is InChI=1S/C16H13BrCl2F2/c17-12-6-4-11(5-7-12)16(9-18,10-19)8-13-14(20)2-1-3-15(13)21/h1-7H,8-10H2. The van der Waals surface area contributed by atoms with Crippen LogP contribution in [0, 0.1) is 11.6 Å². The molecule has 0 saturated heterocycles. The van der Waals surface area contributed by atoms with E-state index in [1.807, 2.05) is 24.3 Å². The van der Waals surface area contributed by atoms with E-state index >= 15 is 0 Å². The number of alkyl halides is 2. The van der Waals surface area contributed by atoms with Crippen molar-refractivity contribution in [2.24, 2.45) is 0 Å². The predicted molar refractivity (Wildman–Crippen MR) is 87.3 cm³/mol. The molecule has 0 aliphatic rings. The summed E-state index contributed by atoms with van der Waals surface area (Å²) in [6, 6.07) is 11.3. The van der Waals surface area contributed by atoms with Gasteiger partial charge < -0.3 is 0 Å². The van der Waals surface area contributed by atoms with Crippen molar-refractivity contribution in [1.82, 2.24) is 0 Å². The first kappa shape index (κ1) is 16.7. The highest BCUT2D eigenvalue weighted by Crippen LogP contribution is 2.34. The second kappa shape index (κ2) is 7.08. The van der Waals surface area contributed by atoms with Crippen LogP contribution in [0.2, 0.25) is 0 Å². The fourth-order valence-electron chi connectivity index (χ4n) is 2.23. The van der Waals surface area contributed by atoms with E-state index in [2.05, 4.69) is 15.9 Å². The van der Waals surface area contributed by atoms with Gasteiger partial charge in [0, 0.05) is 27.2 Å². The van der Waals surface area contributed by atoms with Crippen LogP contribution in [0.3, 0.4) is 0 Å². The molecule has 0 fully saturated rings. The molecule has 0 atom stereocenters. The fraction of sp³-hybridized carbons (Fsp3) is 0.250. The first-order chi connectivity index (χ1) is 10.0. The minimum absolute atomic E-state index is 0.0155. The lowest BCUT2D eigenvalue weighted by Crippen LogP contribution is -2.34. The first-order valence-electron chi connectivity index (χ1n) is 6.33. The average Bonchev–Trinajstić information content (AvgIpc) is 2.49. The molecule has 21 heavy (non-hydrogen) atoms. The van der Waals surface area contributed by atoms with E-state index in [0.717, 1.165) is 10.0 Å². The van der Waals surface area contributed by atoms with Crippen molar-refractivity contribution in [3.05, 3.63) is 69.7 Å². The van der Waals surface area contributed by atoms with E-state index < -0.39 is 17.0 Å². The Morgan fingerprint density at radius 3 is 1.90 bits per heavy atom. The smallest absolute Gasteiger partial charge is 0.129 e. The zero-order valence-electron chi connectivity index (χ0n) is 11.1. The van der Waals surface area contributed by atoms with E-state index in [0.29, 0.717) is 0 Å². The van der Waals surface area contributed by atoms with Crippen molar-refractivity contribution in [3.63, 3.8) is 0 Å². The number of benzene rings is 2. The van der Waals surface area contributed by atoms with Crippen LogP contribution >= 0.6 is 39.1 Å². The molecule has 0 heterocycles. The van der Waals surface area contributed by atoms with Crippen molar-refractivity contribution in [2.45, 2.75) is 11.8 Å². The van der Waals surface area contributed by atoms with Gasteiger partial charge in [0.25, 0.3) is 0 Å². The quantitative estimate of drug-likeness (QED) is 0.572. The topological polar surface area (TPSA) is 0 Å². The van der Waals surface area contributed by atoms with Crippen LogP contribution in [0.5, 0.6) is 0 Å². The van der Waals surface area contributed by atoms with Gasteiger partial charge in [-0.05, 0) is 36.2 Å². The Morgan fingerprint density at radius 1 is 0.905 bits per heavy atom. The van der Waals surface area contributed by atoms with E-state index in [1.54, 1.807) is 0 Å². The highest BCUT2D eigenvalue weighted by molar-refractivity contribution is 9.10. The Kier molecular flexibility index (Phi) is 5.64. The zero-order valence-corrected chi connectivity index (χ0v) is 14.2. The lowest BCUT2D eigenvalue weighted by Gasteiger charge is -2.30. The van der Waals surface area contributed by atoms with Gasteiger partial charge in [0.1, 0.15) is 11.6 Å². The Bertz CT molecular complexity index is 590. The highest BCUT2D eigenvalue weighted by atomic mass is 79.9. The molecule has 0 aliphatic heterocycles. The molecular weight excluding hydrogens is 381 g/mol. The number of hydrogen-bond donors (Lipinski definition) is 0. The summed E-state index contributed by atoms with van der Waals surface area (Å²) in [6.07, 6.45) is 0.111. The predicted octanol–water partition coefficient (Wildman–Crippen LogP) is 5.69. The molecule has 2 aromatic rings. The molecule has 2 rings (SSSR count). The van der Waals surface area contributed by atoms with Gasteiger partial charge in [0.15, 0.2) is 0 Å². The summed E-state index contributed by atoms with van der Waals surface area (Å²) in [4.78, 5) is 0. The van der Waals surface area contributed by atoms with Crippen LogP contribution in [0.1, 0.15) is 11.1 Å². The third kappa shape index (κ3) is 3.58. The van der Waals surface area contributed by atoms with Gasteiger partial charge >= 0.3 is 0 Å². The minimum atomic E-state index is -0.715. The van der Waals surface area contributed by atoms with Crippen molar-refractivity contribution >= 4 is 39.1 Å². The summed E-state index contributed by atoms with van der Waals surface area (Å²) in [5, 5.41) is 0. The molecular formula is C16H13BrCl2F2. The maximum atomic E-state index is 13.9. The number of hydrogen-bond acceptors (Lipinski definition) is 0. The molecule has 112 valence electrons. The van der Waals surface area contributed by atoms with E-state index in [9.17, 15) is 8.78 Å². The lowest BCUT2D eigenvalue weighted by atomic mass is 9.78. The molecule has 0 nitrogen and oxygen atoms in total. The normalized spacial score (nSPS) is 11.7. The van der Waals surface area contributed by atoms with Crippen LogP contribution < -0.4 is 0 Å². The molecule has 2 aromatic carbocycles. The second-order valence-electron chi connectivity index (χ2n) is 4.93. The van der Waals surface area contributed by atoms with Gasteiger partial charge in [-0.2, -0.15) is 0 Å². The van der Waals surface area contributed by atoms with Gasteiger partial charge in [-0.15, -0.1) is 23.2 Å². The van der Waals surface area contributed by atoms with E-state index in [4.69, 9.17) is 23.2 Å². The Balaban J connectivity index is 2.45. The summed E-state index contributed by atoms with van der Waals surface area (Å²) in [7, 11) is 0. The van der Waals surface area contributed by atoms with E-state index in [-0.39, 0.29) is 23.7 Å². The van der Waals surface area contributed by atoms with Gasteiger partial charge in [0.05, 0.1) is 0 Å². The Labute approximate surface area is 141 Å². The van der Waals surface area contributed by atoms with Crippen molar-refractivity contribution in [1.29, 1.82) is 0 Å². The minimum Gasteiger partial charge on any atom is -0.207 e. The average molecular weight is 394 g/mol. The maximum Gasteiger partial charge on any atom is 0.129 e. The highest BCUT2D eigenvalue weighted by Gasteiger charge is 2.33. The van der Waals surface area contributed by atoms with Crippen LogP contribution in [0.25, 0.3) is 0 Å². The lowest BCUT2D eigenvalue weighted by molar-refractivity contribution is 0.483. The van der Waals surface area contributed by atoms with Crippen molar-refractivity contribution in [3.8, 4) is 0 Å². The molecule has 0 spiro atoms. The Hall–Kier alpha value is -0.640.